The van der Waals surface area contributed by atoms with Gasteiger partial charge in [0.25, 0.3) is 0 Å². The van der Waals surface area contributed by atoms with Crippen LogP contribution in [-0.4, -0.2) is 43.2 Å². The van der Waals surface area contributed by atoms with Crippen LogP contribution in [0.5, 0.6) is 5.88 Å². The molecule has 1 aromatic heterocycles. The second-order valence-corrected chi connectivity index (χ2v) is 4.79. The molecule has 0 radical (unpaired) electrons. The zero-order valence-corrected chi connectivity index (χ0v) is 11.2. The number of hydrogen-bond donors (Lipinski definition) is 1. The Hall–Kier alpha value is -1.13. The summed E-state index contributed by atoms with van der Waals surface area (Å²) in [7, 11) is 1.64. The van der Waals surface area contributed by atoms with Crippen LogP contribution in [0.15, 0.2) is 18.3 Å². The van der Waals surface area contributed by atoms with Gasteiger partial charge in [0.05, 0.1) is 7.11 Å². The molecule has 0 aromatic carbocycles. The molecule has 0 atom stereocenters. The molecule has 18 heavy (non-hydrogen) atoms. The average molecular weight is 249 g/mol. The van der Waals surface area contributed by atoms with Crippen molar-refractivity contribution in [3.05, 3.63) is 23.9 Å². The molecule has 0 unspecified atom stereocenters. The smallest absolute Gasteiger partial charge is 0.212 e. The lowest BCUT2D eigenvalue weighted by Gasteiger charge is -2.26. The van der Waals surface area contributed by atoms with Gasteiger partial charge in [0, 0.05) is 31.9 Å². The lowest BCUT2D eigenvalue weighted by atomic mass is 10.1. The van der Waals surface area contributed by atoms with E-state index < -0.39 is 0 Å². The highest BCUT2D eigenvalue weighted by Gasteiger charge is 2.08. The summed E-state index contributed by atoms with van der Waals surface area (Å²) in [5, 5.41) is 3.46. The summed E-state index contributed by atoms with van der Waals surface area (Å²) < 4.78 is 5.04. The molecule has 2 rings (SSSR count). The van der Waals surface area contributed by atoms with Gasteiger partial charge in [0.1, 0.15) is 0 Å². The third-order valence-corrected chi connectivity index (χ3v) is 3.39. The van der Waals surface area contributed by atoms with Gasteiger partial charge >= 0.3 is 0 Å². The first kappa shape index (κ1) is 13.3. The van der Waals surface area contributed by atoms with Crippen LogP contribution in [0.2, 0.25) is 0 Å². The number of rotatable bonds is 6. The van der Waals surface area contributed by atoms with E-state index in [1.54, 1.807) is 7.11 Å². The molecule has 1 aliphatic rings. The molecule has 1 aliphatic heterocycles. The Kier molecular flexibility index (Phi) is 5.42. The van der Waals surface area contributed by atoms with Gasteiger partial charge in [0.15, 0.2) is 0 Å². The number of likely N-dealkylation sites (tertiary alicyclic amines) is 1. The summed E-state index contributed by atoms with van der Waals surface area (Å²) in [6, 6.07) is 3.96. The molecule has 1 fully saturated rings. The van der Waals surface area contributed by atoms with Crippen molar-refractivity contribution in [2.45, 2.75) is 25.8 Å². The molecule has 2 heterocycles. The van der Waals surface area contributed by atoms with Crippen LogP contribution in [0.3, 0.4) is 0 Å². The van der Waals surface area contributed by atoms with Gasteiger partial charge in [-0.1, -0.05) is 12.5 Å². The fraction of sp³-hybridized carbons (Fsp3) is 0.643. The van der Waals surface area contributed by atoms with Crippen molar-refractivity contribution in [1.82, 2.24) is 15.2 Å². The fourth-order valence-electron chi connectivity index (χ4n) is 2.29. The van der Waals surface area contributed by atoms with Crippen molar-refractivity contribution >= 4 is 0 Å². The molecule has 100 valence electrons. The van der Waals surface area contributed by atoms with Crippen molar-refractivity contribution < 1.29 is 4.74 Å². The monoisotopic (exact) mass is 249 g/mol. The van der Waals surface area contributed by atoms with Gasteiger partial charge in [-0.05, 0) is 31.5 Å². The molecule has 1 saturated heterocycles. The van der Waals surface area contributed by atoms with Crippen LogP contribution in [-0.2, 0) is 6.54 Å². The van der Waals surface area contributed by atoms with E-state index in [1.807, 2.05) is 12.3 Å². The maximum atomic E-state index is 5.04. The lowest BCUT2D eigenvalue weighted by molar-refractivity contribution is 0.229. The van der Waals surface area contributed by atoms with Crippen molar-refractivity contribution in [3.63, 3.8) is 0 Å². The van der Waals surface area contributed by atoms with Crippen LogP contribution in [0.4, 0.5) is 0 Å². The normalized spacial score (nSPS) is 16.7. The number of methoxy groups -OCH3 is 1. The van der Waals surface area contributed by atoms with Gasteiger partial charge in [-0.15, -0.1) is 0 Å². The Morgan fingerprint density at radius 3 is 2.78 bits per heavy atom. The summed E-state index contributed by atoms with van der Waals surface area (Å²) in [5.74, 6) is 0.673. The molecule has 1 aromatic rings. The van der Waals surface area contributed by atoms with E-state index in [1.165, 1.54) is 37.9 Å². The minimum Gasteiger partial charge on any atom is -0.481 e. The SMILES string of the molecule is COc1ccc(CNCCN2CCCCC2)cn1. The van der Waals surface area contributed by atoms with Gasteiger partial charge in [-0.3, -0.25) is 0 Å². The summed E-state index contributed by atoms with van der Waals surface area (Å²) in [5.41, 5.74) is 1.20. The summed E-state index contributed by atoms with van der Waals surface area (Å²) in [4.78, 5) is 6.74. The molecular formula is C14H23N3O. The van der Waals surface area contributed by atoms with E-state index in [0.717, 1.165) is 19.6 Å². The molecular weight excluding hydrogens is 226 g/mol. The van der Waals surface area contributed by atoms with E-state index in [-0.39, 0.29) is 0 Å². The van der Waals surface area contributed by atoms with E-state index >= 15 is 0 Å². The van der Waals surface area contributed by atoms with Crippen LogP contribution in [0.25, 0.3) is 0 Å². The molecule has 1 N–H and O–H groups in total. The number of nitrogens with zero attached hydrogens (tertiary/aromatic N) is 2. The van der Waals surface area contributed by atoms with E-state index in [4.69, 9.17) is 4.74 Å². The van der Waals surface area contributed by atoms with Crippen LogP contribution in [0.1, 0.15) is 24.8 Å². The maximum absolute atomic E-state index is 5.04. The van der Waals surface area contributed by atoms with E-state index in [2.05, 4.69) is 21.3 Å². The van der Waals surface area contributed by atoms with Crippen LogP contribution < -0.4 is 10.1 Å². The third kappa shape index (κ3) is 4.27. The zero-order chi connectivity index (χ0) is 12.6. The highest BCUT2D eigenvalue weighted by atomic mass is 16.5. The summed E-state index contributed by atoms with van der Waals surface area (Å²) in [6.45, 7) is 5.62. The number of ether oxygens (including phenoxy) is 1. The third-order valence-electron chi connectivity index (χ3n) is 3.39. The minimum absolute atomic E-state index is 0.673. The Morgan fingerprint density at radius 2 is 2.11 bits per heavy atom. The molecule has 0 amide bonds. The molecule has 4 heteroatoms. The molecule has 0 aliphatic carbocycles. The van der Waals surface area contributed by atoms with Crippen LogP contribution in [0, 0.1) is 0 Å². The quantitative estimate of drug-likeness (QED) is 0.778. The molecule has 0 bridgehead atoms. The Morgan fingerprint density at radius 1 is 1.28 bits per heavy atom. The largest absolute Gasteiger partial charge is 0.481 e. The second-order valence-electron chi connectivity index (χ2n) is 4.79. The lowest BCUT2D eigenvalue weighted by Crippen LogP contribution is -2.35. The number of piperidine rings is 1. The topological polar surface area (TPSA) is 37.4 Å². The zero-order valence-electron chi connectivity index (χ0n) is 11.2. The number of aromatic nitrogens is 1. The van der Waals surface area contributed by atoms with E-state index in [9.17, 15) is 0 Å². The van der Waals surface area contributed by atoms with Gasteiger partial charge in [0.2, 0.25) is 5.88 Å². The Labute approximate surface area is 109 Å². The van der Waals surface area contributed by atoms with Crippen LogP contribution >= 0.6 is 0 Å². The van der Waals surface area contributed by atoms with E-state index in [0.29, 0.717) is 5.88 Å². The number of nitrogens with one attached hydrogen (secondary N) is 1. The highest BCUT2D eigenvalue weighted by Crippen LogP contribution is 2.08. The number of hydrogen-bond acceptors (Lipinski definition) is 4. The first-order valence-electron chi connectivity index (χ1n) is 6.80. The first-order valence-corrected chi connectivity index (χ1v) is 6.80. The molecule has 0 saturated carbocycles. The fourth-order valence-corrected chi connectivity index (χ4v) is 2.29. The maximum Gasteiger partial charge on any atom is 0.212 e. The Balaban J connectivity index is 1.62. The summed E-state index contributed by atoms with van der Waals surface area (Å²) >= 11 is 0. The number of pyridine rings is 1. The predicted octanol–water partition coefficient (Wildman–Crippen LogP) is 1.67. The molecule has 0 spiro atoms. The van der Waals surface area contributed by atoms with Gasteiger partial charge < -0.3 is 15.0 Å². The predicted molar refractivity (Wildman–Crippen MR) is 72.8 cm³/mol. The highest BCUT2D eigenvalue weighted by molar-refractivity contribution is 5.17. The standard InChI is InChI=1S/C14H23N3O/c1-18-14-6-5-13(12-16-14)11-15-7-10-17-8-3-2-4-9-17/h5-6,12,15H,2-4,7-11H2,1H3. The van der Waals surface area contributed by atoms with Crippen molar-refractivity contribution in [2.75, 3.05) is 33.3 Å². The Bertz CT molecular complexity index is 333. The van der Waals surface area contributed by atoms with Crippen molar-refractivity contribution in [2.24, 2.45) is 0 Å². The van der Waals surface area contributed by atoms with Gasteiger partial charge in [-0.2, -0.15) is 0 Å². The first-order chi connectivity index (χ1) is 8.88. The van der Waals surface area contributed by atoms with Crippen molar-refractivity contribution in [3.8, 4) is 5.88 Å². The summed E-state index contributed by atoms with van der Waals surface area (Å²) in [6.07, 6.45) is 6.00. The second kappa shape index (κ2) is 7.34. The average Bonchev–Trinajstić information content (AvgIpc) is 2.45. The molecule has 4 nitrogen and oxygen atoms in total. The minimum atomic E-state index is 0.673. The van der Waals surface area contributed by atoms with Gasteiger partial charge in [-0.25, -0.2) is 4.98 Å². The van der Waals surface area contributed by atoms with Crippen molar-refractivity contribution in [1.29, 1.82) is 0 Å².